The highest BCUT2D eigenvalue weighted by molar-refractivity contribution is 6.04. The topological polar surface area (TPSA) is 98.4 Å². The second-order valence-electron chi connectivity index (χ2n) is 9.23. The normalized spacial score (nSPS) is 18.7. The third-order valence-electron chi connectivity index (χ3n) is 6.37. The maximum Gasteiger partial charge on any atom is 0.320 e. The highest BCUT2D eigenvalue weighted by atomic mass is 19.1. The summed E-state index contributed by atoms with van der Waals surface area (Å²) in [6.45, 7) is 0.292. The van der Waals surface area contributed by atoms with E-state index in [-0.39, 0.29) is 37.2 Å². The standard InChI is InChI=1S/C26H26FN5O3/c1-31(2)26(35)32-13-20-23(21(33)14-32)18(10-15-6-4-3-5-7-15)24(29-20)16-8-9-28-22(11-16)30-25(34)17-12-19(17)27/h3-9,11,17,19,29H,10,12-14H2,1-2H3,(H,28,30,34)/t17-,19+/m1/s1. The fraction of sp³-hybridized carbons (Fsp3) is 0.308. The molecule has 2 aliphatic rings. The van der Waals surface area contributed by atoms with Crippen molar-refractivity contribution >= 4 is 23.5 Å². The number of nitrogens with zero attached hydrogens (tertiary/aromatic N) is 3. The molecule has 2 N–H and O–H groups in total. The molecule has 1 aromatic carbocycles. The first kappa shape index (κ1) is 22.8. The molecule has 3 amide bonds. The third kappa shape index (κ3) is 4.53. The van der Waals surface area contributed by atoms with Crippen molar-refractivity contribution in [2.24, 2.45) is 5.92 Å². The molecule has 1 fully saturated rings. The van der Waals surface area contributed by atoms with E-state index in [4.69, 9.17) is 0 Å². The van der Waals surface area contributed by atoms with Crippen LogP contribution in [0.2, 0.25) is 0 Å². The van der Waals surface area contributed by atoms with Crippen LogP contribution >= 0.6 is 0 Å². The predicted molar refractivity (Wildman–Crippen MR) is 129 cm³/mol. The number of ketones is 1. The van der Waals surface area contributed by atoms with Crippen molar-refractivity contribution < 1.29 is 18.8 Å². The zero-order valence-electron chi connectivity index (χ0n) is 19.5. The number of benzene rings is 1. The zero-order chi connectivity index (χ0) is 24.7. The summed E-state index contributed by atoms with van der Waals surface area (Å²) in [6, 6.07) is 13.1. The van der Waals surface area contributed by atoms with Crippen LogP contribution in [0.15, 0.2) is 48.7 Å². The van der Waals surface area contributed by atoms with Gasteiger partial charge in [0.05, 0.1) is 24.7 Å². The Hall–Kier alpha value is -4.01. The van der Waals surface area contributed by atoms with Gasteiger partial charge in [0.1, 0.15) is 12.0 Å². The number of alkyl halides is 1. The Bertz CT molecular complexity index is 1300. The highest BCUT2D eigenvalue weighted by Crippen LogP contribution is 2.36. The van der Waals surface area contributed by atoms with Gasteiger partial charge in [-0.1, -0.05) is 30.3 Å². The summed E-state index contributed by atoms with van der Waals surface area (Å²) in [5.41, 5.74) is 4.63. The molecule has 9 heteroatoms. The van der Waals surface area contributed by atoms with Gasteiger partial charge >= 0.3 is 6.03 Å². The number of amides is 3. The molecule has 1 saturated carbocycles. The minimum absolute atomic E-state index is 0.00648. The summed E-state index contributed by atoms with van der Waals surface area (Å²) in [6.07, 6.45) is 1.23. The molecule has 1 aliphatic carbocycles. The van der Waals surface area contributed by atoms with Gasteiger partial charge in [0.2, 0.25) is 5.91 Å². The second-order valence-corrected chi connectivity index (χ2v) is 9.23. The van der Waals surface area contributed by atoms with Gasteiger partial charge in [-0.3, -0.25) is 9.59 Å². The summed E-state index contributed by atoms with van der Waals surface area (Å²) < 4.78 is 13.3. The number of nitrogens with one attached hydrogen (secondary N) is 2. The minimum Gasteiger partial charge on any atom is -0.356 e. The van der Waals surface area contributed by atoms with Crippen molar-refractivity contribution in [3.05, 3.63) is 71.0 Å². The number of fused-ring (bicyclic) bond motifs is 1. The van der Waals surface area contributed by atoms with E-state index in [0.29, 0.717) is 23.5 Å². The number of urea groups is 1. The quantitative estimate of drug-likeness (QED) is 0.589. The number of aromatic nitrogens is 2. The van der Waals surface area contributed by atoms with Crippen LogP contribution in [0.1, 0.15) is 33.6 Å². The van der Waals surface area contributed by atoms with Crippen LogP contribution in [-0.4, -0.2) is 64.3 Å². The number of anilines is 1. The number of pyridine rings is 1. The molecule has 0 bridgehead atoms. The van der Waals surface area contributed by atoms with E-state index >= 15 is 0 Å². The van der Waals surface area contributed by atoms with E-state index in [1.54, 1.807) is 32.4 Å². The Morgan fingerprint density at radius 3 is 2.63 bits per heavy atom. The lowest BCUT2D eigenvalue weighted by molar-refractivity contribution is -0.117. The molecule has 1 aliphatic heterocycles. The van der Waals surface area contributed by atoms with Crippen molar-refractivity contribution in [3.8, 4) is 11.3 Å². The number of halogens is 1. The van der Waals surface area contributed by atoms with Crippen LogP contribution in [0.5, 0.6) is 0 Å². The number of carbonyl (C=O) groups is 3. The summed E-state index contributed by atoms with van der Waals surface area (Å²) in [5, 5.41) is 2.69. The number of carbonyl (C=O) groups excluding carboxylic acids is 3. The zero-order valence-corrected chi connectivity index (χ0v) is 19.5. The van der Waals surface area contributed by atoms with Crippen LogP contribution in [0.25, 0.3) is 11.3 Å². The number of aromatic amines is 1. The van der Waals surface area contributed by atoms with Crippen molar-refractivity contribution in [1.29, 1.82) is 0 Å². The molecule has 3 aromatic rings. The molecule has 0 radical (unpaired) electrons. The molecule has 8 nitrogen and oxygen atoms in total. The number of rotatable bonds is 5. The average molecular weight is 476 g/mol. The van der Waals surface area contributed by atoms with Crippen LogP contribution in [0.3, 0.4) is 0 Å². The molecule has 35 heavy (non-hydrogen) atoms. The fourth-order valence-electron chi connectivity index (χ4n) is 4.50. The van der Waals surface area contributed by atoms with Gasteiger partial charge in [0.25, 0.3) is 0 Å². The van der Waals surface area contributed by atoms with Gasteiger partial charge in [0, 0.05) is 43.5 Å². The van der Waals surface area contributed by atoms with Crippen LogP contribution in [0.4, 0.5) is 15.0 Å². The Kier molecular flexibility index (Phi) is 5.84. The molecular formula is C26H26FN5O3. The molecular weight excluding hydrogens is 449 g/mol. The van der Waals surface area contributed by atoms with E-state index in [9.17, 15) is 18.8 Å². The largest absolute Gasteiger partial charge is 0.356 e. The lowest BCUT2D eigenvalue weighted by Gasteiger charge is -2.29. The van der Waals surface area contributed by atoms with E-state index in [1.807, 2.05) is 30.3 Å². The van der Waals surface area contributed by atoms with Gasteiger partial charge < -0.3 is 20.1 Å². The Balaban J connectivity index is 1.54. The molecule has 0 spiro atoms. The molecule has 0 saturated heterocycles. The van der Waals surface area contributed by atoms with E-state index < -0.39 is 12.1 Å². The van der Waals surface area contributed by atoms with Crippen molar-refractivity contribution in [3.63, 3.8) is 0 Å². The van der Waals surface area contributed by atoms with Crippen molar-refractivity contribution in [2.45, 2.75) is 25.6 Å². The van der Waals surface area contributed by atoms with Gasteiger partial charge in [-0.2, -0.15) is 0 Å². The molecule has 3 heterocycles. The minimum atomic E-state index is -1.09. The molecule has 2 aromatic heterocycles. The molecule has 0 unspecified atom stereocenters. The average Bonchev–Trinajstić information content (AvgIpc) is 3.47. The van der Waals surface area contributed by atoms with Crippen molar-refractivity contribution in [1.82, 2.24) is 19.8 Å². The fourth-order valence-corrected chi connectivity index (χ4v) is 4.50. The van der Waals surface area contributed by atoms with E-state index in [1.165, 1.54) is 9.80 Å². The summed E-state index contributed by atoms with van der Waals surface area (Å²) in [7, 11) is 3.31. The van der Waals surface area contributed by atoms with Gasteiger partial charge in [-0.15, -0.1) is 0 Å². The van der Waals surface area contributed by atoms with Crippen LogP contribution in [0, 0.1) is 5.92 Å². The highest BCUT2D eigenvalue weighted by Gasteiger charge is 2.43. The Morgan fingerprint density at radius 2 is 1.94 bits per heavy atom. The lowest BCUT2D eigenvalue weighted by atomic mass is 9.93. The van der Waals surface area contributed by atoms with Gasteiger partial charge in [-0.05, 0) is 29.7 Å². The Labute approximate surface area is 202 Å². The number of hydrogen-bond acceptors (Lipinski definition) is 4. The smallest absolute Gasteiger partial charge is 0.320 e. The SMILES string of the molecule is CN(C)C(=O)N1CC(=O)c2c([nH]c(-c3ccnc(NC(=O)[C@@H]4C[C@@H]4F)c3)c2Cc2ccccc2)C1. The Morgan fingerprint density at radius 1 is 1.20 bits per heavy atom. The van der Waals surface area contributed by atoms with Gasteiger partial charge in [-0.25, -0.2) is 14.2 Å². The van der Waals surface area contributed by atoms with Gasteiger partial charge in [0.15, 0.2) is 5.78 Å². The summed E-state index contributed by atoms with van der Waals surface area (Å²) in [5.74, 6) is -0.809. The first-order valence-corrected chi connectivity index (χ1v) is 11.5. The van der Waals surface area contributed by atoms with Crippen LogP contribution < -0.4 is 5.32 Å². The second kappa shape index (κ2) is 8.98. The molecule has 2 atom stereocenters. The molecule has 180 valence electrons. The van der Waals surface area contributed by atoms with Crippen molar-refractivity contribution in [2.75, 3.05) is 26.0 Å². The number of H-pyrrole nitrogens is 1. The summed E-state index contributed by atoms with van der Waals surface area (Å²) >= 11 is 0. The van der Waals surface area contributed by atoms with Crippen LogP contribution in [-0.2, 0) is 17.8 Å². The number of Topliss-reactive ketones (excluding diaryl/α,β-unsaturated/α-hetero) is 1. The maximum absolute atomic E-state index is 13.3. The monoisotopic (exact) mass is 475 g/mol. The van der Waals surface area contributed by atoms with E-state index in [2.05, 4.69) is 15.3 Å². The summed E-state index contributed by atoms with van der Waals surface area (Å²) in [4.78, 5) is 48.6. The predicted octanol–water partition coefficient (Wildman–Crippen LogP) is 3.64. The first-order valence-electron chi connectivity index (χ1n) is 11.5. The third-order valence-corrected chi connectivity index (χ3v) is 6.37. The first-order chi connectivity index (χ1) is 16.8. The lowest BCUT2D eigenvalue weighted by Crippen LogP contribution is -2.44. The molecule has 5 rings (SSSR count). The van der Waals surface area contributed by atoms with E-state index in [0.717, 1.165) is 22.4 Å². The maximum atomic E-state index is 13.3. The number of hydrogen-bond donors (Lipinski definition) is 2.